The molecule has 0 bridgehead atoms. The summed E-state index contributed by atoms with van der Waals surface area (Å²) in [6, 6.07) is 34.0. The van der Waals surface area contributed by atoms with Gasteiger partial charge in [-0.2, -0.15) is 9.41 Å². The Bertz CT molecular complexity index is 1450. The highest BCUT2D eigenvalue weighted by Gasteiger charge is 2.22. The minimum atomic E-state index is -3.66. The molecular formula is C30H30N4O3S. The van der Waals surface area contributed by atoms with Crippen molar-refractivity contribution in [1.29, 1.82) is 0 Å². The molecule has 0 atom stereocenters. The summed E-state index contributed by atoms with van der Waals surface area (Å²) in [5.41, 5.74) is 6.56. The maximum absolute atomic E-state index is 12.8. The predicted molar refractivity (Wildman–Crippen MR) is 153 cm³/mol. The van der Waals surface area contributed by atoms with Crippen molar-refractivity contribution >= 4 is 39.2 Å². The van der Waals surface area contributed by atoms with Crippen molar-refractivity contribution in [3.8, 4) is 0 Å². The number of anilines is 3. The molecule has 4 aromatic rings. The van der Waals surface area contributed by atoms with Crippen LogP contribution >= 0.6 is 0 Å². The molecule has 0 aliphatic rings. The zero-order valence-corrected chi connectivity index (χ0v) is 22.2. The van der Waals surface area contributed by atoms with Crippen LogP contribution in [0.2, 0.25) is 0 Å². The number of hydrogen-bond donors (Lipinski definition) is 1. The van der Waals surface area contributed by atoms with Crippen molar-refractivity contribution < 1.29 is 13.2 Å². The molecule has 0 aliphatic heterocycles. The number of carbonyl (C=O) groups excluding carboxylic acids is 1. The van der Waals surface area contributed by atoms with Crippen LogP contribution in [0.25, 0.3) is 0 Å². The number of rotatable bonds is 10. The Balaban J connectivity index is 1.48. The van der Waals surface area contributed by atoms with Gasteiger partial charge in [0.1, 0.15) is 0 Å². The summed E-state index contributed by atoms with van der Waals surface area (Å²) in [5.74, 6) is -0.492. The van der Waals surface area contributed by atoms with E-state index in [1.165, 1.54) is 16.4 Å². The van der Waals surface area contributed by atoms with Gasteiger partial charge in [-0.1, -0.05) is 68.4 Å². The van der Waals surface area contributed by atoms with Gasteiger partial charge in [-0.05, 0) is 60.2 Å². The molecule has 7 nitrogen and oxygen atoms in total. The molecule has 0 aliphatic carbocycles. The van der Waals surface area contributed by atoms with E-state index in [1.54, 1.807) is 32.2 Å². The van der Waals surface area contributed by atoms with Crippen LogP contribution in [0.4, 0.5) is 17.1 Å². The zero-order valence-electron chi connectivity index (χ0n) is 21.4. The number of para-hydroxylation sites is 2. The second kappa shape index (κ2) is 12.3. The maximum Gasteiger partial charge on any atom is 0.271 e. The van der Waals surface area contributed by atoms with Gasteiger partial charge < -0.3 is 4.90 Å². The number of benzene rings is 4. The van der Waals surface area contributed by atoms with Crippen LogP contribution < -0.4 is 10.3 Å². The number of amides is 1. The molecule has 1 N–H and O–H groups in total. The molecule has 0 unspecified atom stereocenters. The molecule has 194 valence electrons. The number of hydrogen-bond acceptors (Lipinski definition) is 5. The van der Waals surface area contributed by atoms with Crippen LogP contribution in [0.3, 0.4) is 0 Å². The highest BCUT2D eigenvalue weighted by atomic mass is 32.2. The third-order valence-corrected chi connectivity index (χ3v) is 8.05. The Morgan fingerprint density at radius 2 is 1.32 bits per heavy atom. The molecule has 0 aromatic heterocycles. The SMILES string of the molecule is CCN(CC)S(=O)(=O)c1cccc(C(=O)N/N=C/c2ccc(N(c3ccccc3)c3ccccc3)cc2)c1. The first-order chi connectivity index (χ1) is 18.4. The van der Waals surface area contributed by atoms with Gasteiger partial charge in [0.25, 0.3) is 5.91 Å². The second-order valence-electron chi connectivity index (χ2n) is 8.41. The number of sulfonamides is 1. The first-order valence-electron chi connectivity index (χ1n) is 12.4. The number of nitrogens with one attached hydrogen (secondary N) is 1. The van der Waals surface area contributed by atoms with Crippen LogP contribution in [-0.4, -0.2) is 37.9 Å². The third kappa shape index (κ3) is 6.16. The number of carbonyl (C=O) groups is 1. The number of hydrazone groups is 1. The Morgan fingerprint density at radius 3 is 1.87 bits per heavy atom. The molecule has 0 heterocycles. The van der Waals surface area contributed by atoms with Crippen molar-refractivity contribution in [3.05, 3.63) is 120 Å². The first kappa shape index (κ1) is 26.8. The van der Waals surface area contributed by atoms with E-state index in [2.05, 4.69) is 39.7 Å². The Kier molecular flexibility index (Phi) is 8.68. The Labute approximate surface area is 224 Å². The molecule has 0 saturated heterocycles. The molecule has 0 spiro atoms. The summed E-state index contributed by atoms with van der Waals surface area (Å²) in [4.78, 5) is 14.9. The van der Waals surface area contributed by atoms with E-state index in [9.17, 15) is 13.2 Å². The standard InChI is InChI=1S/C30H30N4O3S/c1-3-33(4-2)38(36,37)29-17-11-12-25(22-29)30(35)32-31-23-24-18-20-28(21-19-24)34(26-13-7-5-8-14-26)27-15-9-6-10-16-27/h5-23H,3-4H2,1-2H3,(H,32,35)/b31-23+. The van der Waals surface area contributed by atoms with Gasteiger partial charge in [0.05, 0.1) is 11.1 Å². The van der Waals surface area contributed by atoms with Gasteiger partial charge in [0.15, 0.2) is 0 Å². The molecule has 8 heteroatoms. The molecule has 0 saturated carbocycles. The van der Waals surface area contributed by atoms with Gasteiger partial charge >= 0.3 is 0 Å². The van der Waals surface area contributed by atoms with E-state index in [0.29, 0.717) is 13.1 Å². The zero-order chi connectivity index (χ0) is 27.0. The van der Waals surface area contributed by atoms with Gasteiger partial charge in [-0.25, -0.2) is 13.8 Å². The summed E-state index contributed by atoms with van der Waals surface area (Å²) in [6.45, 7) is 4.26. The maximum atomic E-state index is 12.8. The summed E-state index contributed by atoms with van der Waals surface area (Å²) in [6.07, 6.45) is 1.55. The fraction of sp³-hybridized carbons (Fsp3) is 0.133. The lowest BCUT2D eigenvalue weighted by Crippen LogP contribution is -2.30. The van der Waals surface area contributed by atoms with Gasteiger partial charge in [-0.3, -0.25) is 4.79 Å². The van der Waals surface area contributed by atoms with Gasteiger partial charge in [0, 0.05) is 35.7 Å². The lowest BCUT2D eigenvalue weighted by atomic mass is 10.1. The van der Waals surface area contributed by atoms with E-state index in [-0.39, 0.29) is 10.5 Å². The van der Waals surface area contributed by atoms with Crippen LogP contribution in [-0.2, 0) is 10.0 Å². The quantitative estimate of drug-likeness (QED) is 0.204. The van der Waals surface area contributed by atoms with Crippen molar-refractivity contribution in [2.24, 2.45) is 5.10 Å². The molecule has 0 fully saturated rings. The van der Waals surface area contributed by atoms with Crippen molar-refractivity contribution in [3.63, 3.8) is 0 Å². The molecule has 4 aromatic carbocycles. The fourth-order valence-electron chi connectivity index (χ4n) is 4.05. The normalized spacial score (nSPS) is 11.6. The van der Waals surface area contributed by atoms with Crippen LogP contribution in [0.1, 0.15) is 29.8 Å². The summed E-state index contributed by atoms with van der Waals surface area (Å²) < 4.78 is 26.9. The van der Waals surface area contributed by atoms with Crippen LogP contribution in [0, 0.1) is 0 Å². The van der Waals surface area contributed by atoms with Gasteiger partial charge in [-0.15, -0.1) is 0 Å². The average molecular weight is 527 g/mol. The first-order valence-corrected chi connectivity index (χ1v) is 13.8. The highest BCUT2D eigenvalue weighted by Crippen LogP contribution is 2.33. The minimum absolute atomic E-state index is 0.0785. The van der Waals surface area contributed by atoms with E-state index in [4.69, 9.17) is 0 Å². The summed E-state index contributed by atoms with van der Waals surface area (Å²) in [7, 11) is -3.66. The van der Waals surface area contributed by atoms with Crippen molar-refractivity contribution in [1.82, 2.24) is 9.73 Å². The van der Waals surface area contributed by atoms with E-state index < -0.39 is 15.9 Å². The number of nitrogens with zero attached hydrogens (tertiary/aromatic N) is 3. The van der Waals surface area contributed by atoms with Gasteiger partial charge in [0.2, 0.25) is 10.0 Å². The molecule has 38 heavy (non-hydrogen) atoms. The molecule has 0 radical (unpaired) electrons. The lowest BCUT2D eigenvalue weighted by molar-refractivity contribution is 0.0955. The Hall–Kier alpha value is -4.27. The topological polar surface area (TPSA) is 82.1 Å². The fourth-order valence-corrected chi connectivity index (χ4v) is 5.56. The smallest absolute Gasteiger partial charge is 0.271 e. The highest BCUT2D eigenvalue weighted by molar-refractivity contribution is 7.89. The predicted octanol–water partition coefficient (Wildman–Crippen LogP) is 5.95. The molecule has 1 amide bonds. The van der Waals surface area contributed by atoms with E-state index in [0.717, 1.165) is 22.6 Å². The minimum Gasteiger partial charge on any atom is -0.311 e. The largest absolute Gasteiger partial charge is 0.311 e. The summed E-state index contributed by atoms with van der Waals surface area (Å²) >= 11 is 0. The summed E-state index contributed by atoms with van der Waals surface area (Å²) in [5, 5.41) is 4.07. The molecule has 4 rings (SSSR count). The third-order valence-electron chi connectivity index (χ3n) is 6.00. The van der Waals surface area contributed by atoms with Crippen LogP contribution in [0.5, 0.6) is 0 Å². The molecular weight excluding hydrogens is 496 g/mol. The monoisotopic (exact) mass is 526 g/mol. The van der Waals surface area contributed by atoms with E-state index in [1.807, 2.05) is 60.7 Å². The second-order valence-corrected chi connectivity index (χ2v) is 10.4. The lowest BCUT2D eigenvalue weighted by Gasteiger charge is -2.25. The Morgan fingerprint density at radius 1 is 0.763 bits per heavy atom. The average Bonchev–Trinajstić information content (AvgIpc) is 2.96. The van der Waals surface area contributed by atoms with Crippen molar-refractivity contribution in [2.75, 3.05) is 18.0 Å². The van der Waals surface area contributed by atoms with Crippen molar-refractivity contribution in [2.45, 2.75) is 18.7 Å². The van der Waals surface area contributed by atoms with E-state index >= 15 is 0 Å². The van der Waals surface area contributed by atoms with Crippen LogP contribution in [0.15, 0.2) is 119 Å².